The van der Waals surface area contributed by atoms with Crippen molar-refractivity contribution in [1.29, 1.82) is 0 Å². The van der Waals surface area contributed by atoms with Gasteiger partial charge in [0.25, 0.3) is 5.91 Å². The smallest absolute Gasteiger partial charge is 0.252 e. The van der Waals surface area contributed by atoms with E-state index in [2.05, 4.69) is 15.6 Å². The lowest BCUT2D eigenvalue weighted by Crippen LogP contribution is -2.55. The molecule has 7 nitrogen and oxygen atoms in total. The summed E-state index contributed by atoms with van der Waals surface area (Å²) in [7, 11) is 1.65. The van der Waals surface area contributed by atoms with Gasteiger partial charge in [-0.2, -0.15) is 0 Å². The number of hydrogen-bond donors (Lipinski definition) is 2. The van der Waals surface area contributed by atoms with E-state index >= 15 is 0 Å². The first kappa shape index (κ1) is 20.6. The van der Waals surface area contributed by atoms with Crippen LogP contribution >= 0.6 is 0 Å². The van der Waals surface area contributed by atoms with E-state index < -0.39 is 0 Å². The second-order valence-corrected chi connectivity index (χ2v) is 7.02. The first-order chi connectivity index (χ1) is 14.1. The molecule has 2 amide bonds. The zero-order valence-corrected chi connectivity index (χ0v) is 17.0. The first-order valence-corrected chi connectivity index (χ1v) is 10.0. The zero-order chi connectivity index (χ0) is 20.6. The number of ether oxygens (including phenoxy) is 1. The van der Waals surface area contributed by atoms with Crippen LogP contribution < -0.4 is 20.3 Å². The minimum Gasteiger partial charge on any atom is -0.497 e. The Balaban J connectivity index is 1.49. The third-order valence-electron chi connectivity index (χ3n) is 5.11. The van der Waals surface area contributed by atoms with Crippen molar-refractivity contribution in [1.82, 2.24) is 15.6 Å². The molecule has 1 aromatic carbocycles. The molecule has 1 atom stereocenters. The number of piperazine rings is 1. The number of aryl methyl sites for hydroxylation is 1. The number of benzene rings is 1. The Morgan fingerprint density at radius 1 is 1.28 bits per heavy atom. The number of pyridine rings is 1. The van der Waals surface area contributed by atoms with Crippen molar-refractivity contribution in [2.24, 2.45) is 0 Å². The molecule has 1 aliphatic rings. The van der Waals surface area contributed by atoms with Gasteiger partial charge in [-0.25, -0.2) is 4.98 Å². The Labute approximate surface area is 171 Å². The predicted molar refractivity (Wildman–Crippen MR) is 112 cm³/mol. The number of amides is 2. The van der Waals surface area contributed by atoms with Gasteiger partial charge in [-0.1, -0.05) is 19.1 Å². The number of rotatable bonds is 8. The topological polar surface area (TPSA) is 83.6 Å². The van der Waals surface area contributed by atoms with Crippen molar-refractivity contribution in [2.75, 3.05) is 31.6 Å². The second-order valence-electron chi connectivity index (χ2n) is 7.02. The van der Waals surface area contributed by atoms with Crippen molar-refractivity contribution in [3.63, 3.8) is 0 Å². The van der Waals surface area contributed by atoms with Gasteiger partial charge in [0.05, 0.1) is 12.7 Å². The average Bonchev–Trinajstić information content (AvgIpc) is 2.77. The van der Waals surface area contributed by atoms with Crippen molar-refractivity contribution < 1.29 is 14.3 Å². The summed E-state index contributed by atoms with van der Waals surface area (Å²) < 4.78 is 5.15. The van der Waals surface area contributed by atoms with Gasteiger partial charge in [0, 0.05) is 25.8 Å². The summed E-state index contributed by atoms with van der Waals surface area (Å²) >= 11 is 0. The van der Waals surface area contributed by atoms with Crippen molar-refractivity contribution in [3.05, 3.63) is 53.7 Å². The van der Waals surface area contributed by atoms with E-state index in [1.54, 1.807) is 19.4 Å². The molecule has 0 aliphatic carbocycles. The van der Waals surface area contributed by atoms with E-state index in [0.29, 0.717) is 31.6 Å². The summed E-state index contributed by atoms with van der Waals surface area (Å²) in [5, 5.41) is 5.82. The molecule has 7 heteroatoms. The number of anilines is 1. The SMILES string of the molecule is CC[C@@H]1C(=O)NCCN1c1ccc(C(=O)NCCCc2ccc(OC)cc2)cn1. The molecule has 0 spiro atoms. The third-order valence-corrected chi connectivity index (χ3v) is 5.11. The Morgan fingerprint density at radius 3 is 2.72 bits per heavy atom. The molecule has 1 fully saturated rings. The first-order valence-electron chi connectivity index (χ1n) is 10.0. The van der Waals surface area contributed by atoms with E-state index in [-0.39, 0.29) is 17.9 Å². The Morgan fingerprint density at radius 2 is 2.07 bits per heavy atom. The van der Waals surface area contributed by atoms with E-state index in [4.69, 9.17) is 4.74 Å². The fourth-order valence-corrected chi connectivity index (χ4v) is 3.47. The van der Waals surface area contributed by atoms with Crippen LogP contribution in [0.3, 0.4) is 0 Å². The van der Waals surface area contributed by atoms with Crippen LogP contribution in [0.4, 0.5) is 5.82 Å². The van der Waals surface area contributed by atoms with Gasteiger partial charge in [0.2, 0.25) is 5.91 Å². The fraction of sp³-hybridized carbons (Fsp3) is 0.409. The van der Waals surface area contributed by atoms with Gasteiger partial charge >= 0.3 is 0 Å². The molecule has 154 valence electrons. The molecule has 2 heterocycles. The zero-order valence-electron chi connectivity index (χ0n) is 17.0. The highest BCUT2D eigenvalue weighted by molar-refractivity contribution is 5.94. The van der Waals surface area contributed by atoms with Gasteiger partial charge in [0.1, 0.15) is 17.6 Å². The van der Waals surface area contributed by atoms with E-state index in [9.17, 15) is 9.59 Å². The number of nitrogens with zero attached hydrogens (tertiary/aromatic N) is 2. The summed E-state index contributed by atoms with van der Waals surface area (Å²) in [6.45, 7) is 3.90. The number of methoxy groups -OCH3 is 1. The monoisotopic (exact) mass is 396 g/mol. The van der Waals surface area contributed by atoms with E-state index in [0.717, 1.165) is 24.4 Å². The maximum atomic E-state index is 12.4. The van der Waals surface area contributed by atoms with Crippen molar-refractivity contribution >= 4 is 17.6 Å². The summed E-state index contributed by atoms with van der Waals surface area (Å²) in [4.78, 5) is 30.8. The molecule has 0 radical (unpaired) electrons. The quantitative estimate of drug-likeness (QED) is 0.668. The number of carbonyl (C=O) groups is 2. The normalized spacial score (nSPS) is 16.3. The summed E-state index contributed by atoms with van der Waals surface area (Å²) in [6, 6.07) is 11.3. The van der Waals surface area contributed by atoms with Gasteiger partial charge < -0.3 is 20.3 Å². The molecule has 0 unspecified atom stereocenters. The van der Waals surface area contributed by atoms with Gasteiger partial charge in [-0.05, 0) is 49.1 Å². The number of aromatic nitrogens is 1. The maximum Gasteiger partial charge on any atom is 0.252 e. The van der Waals surface area contributed by atoms with Crippen LogP contribution in [0.5, 0.6) is 5.75 Å². The molecular formula is C22H28N4O3. The van der Waals surface area contributed by atoms with Crippen LogP contribution in [-0.4, -0.2) is 49.6 Å². The lowest BCUT2D eigenvalue weighted by molar-refractivity contribution is -0.123. The van der Waals surface area contributed by atoms with Crippen molar-refractivity contribution in [3.8, 4) is 5.75 Å². The molecule has 1 aromatic heterocycles. The summed E-state index contributed by atoms with van der Waals surface area (Å²) in [6.07, 6.45) is 4.03. The molecule has 1 aliphatic heterocycles. The molecule has 29 heavy (non-hydrogen) atoms. The number of nitrogens with one attached hydrogen (secondary N) is 2. The highest BCUT2D eigenvalue weighted by Gasteiger charge is 2.28. The van der Waals surface area contributed by atoms with Crippen LogP contribution in [-0.2, 0) is 11.2 Å². The molecule has 3 rings (SSSR count). The lowest BCUT2D eigenvalue weighted by atomic mass is 10.1. The van der Waals surface area contributed by atoms with Gasteiger partial charge in [0.15, 0.2) is 0 Å². The van der Waals surface area contributed by atoms with E-state index in [1.165, 1.54) is 5.56 Å². The Bertz CT molecular complexity index is 821. The minimum atomic E-state index is -0.214. The minimum absolute atomic E-state index is 0.0271. The molecule has 0 saturated carbocycles. The highest BCUT2D eigenvalue weighted by Crippen LogP contribution is 2.18. The van der Waals surface area contributed by atoms with Gasteiger partial charge in [-0.15, -0.1) is 0 Å². The molecular weight excluding hydrogens is 368 g/mol. The van der Waals surface area contributed by atoms with Crippen molar-refractivity contribution in [2.45, 2.75) is 32.2 Å². The van der Waals surface area contributed by atoms with Gasteiger partial charge in [-0.3, -0.25) is 9.59 Å². The third kappa shape index (κ3) is 5.25. The number of carbonyl (C=O) groups excluding carboxylic acids is 2. The standard InChI is InChI=1S/C22H28N4O3/c1-3-19-22(28)24-13-14-26(19)20-11-8-17(15-25-20)21(27)23-12-4-5-16-6-9-18(29-2)10-7-16/h6-11,15,19H,3-5,12-14H2,1-2H3,(H,23,27)(H,24,28)/t19-/m1/s1. The summed E-state index contributed by atoms with van der Waals surface area (Å²) in [5.41, 5.74) is 1.73. The fourth-order valence-electron chi connectivity index (χ4n) is 3.47. The number of hydrogen-bond acceptors (Lipinski definition) is 5. The lowest BCUT2D eigenvalue weighted by Gasteiger charge is -2.35. The van der Waals surface area contributed by atoms with Crippen LogP contribution in [0.2, 0.25) is 0 Å². The van der Waals surface area contributed by atoms with Crippen LogP contribution in [0.15, 0.2) is 42.6 Å². The average molecular weight is 396 g/mol. The maximum absolute atomic E-state index is 12.4. The summed E-state index contributed by atoms with van der Waals surface area (Å²) in [5.74, 6) is 1.46. The van der Waals surface area contributed by atoms with Crippen LogP contribution in [0.1, 0.15) is 35.7 Å². The van der Waals surface area contributed by atoms with E-state index in [1.807, 2.05) is 42.2 Å². The molecule has 1 saturated heterocycles. The van der Waals surface area contributed by atoms with Crippen LogP contribution in [0.25, 0.3) is 0 Å². The Hall–Kier alpha value is -3.09. The molecule has 2 aromatic rings. The largest absolute Gasteiger partial charge is 0.497 e. The Kier molecular flexibility index (Phi) is 7.05. The molecule has 2 N–H and O–H groups in total. The molecule has 0 bridgehead atoms. The van der Waals surface area contributed by atoms with Crippen LogP contribution in [0, 0.1) is 0 Å². The highest BCUT2D eigenvalue weighted by atomic mass is 16.5. The second kappa shape index (κ2) is 9.91. The predicted octanol–water partition coefficient (Wildman–Crippen LogP) is 2.17.